The highest BCUT2D eigenvalue weighted by molar-refractivity contribution is 5.83. The summed E-state index contributed by atoms with van der Waals surface area (Å²) < 4.78 is 25.1. The van der Waals surface area contributed by atoms with Gasteiger partial charge in [0.25, 0.3) is 0 Å². The van der Waals surface area contributed by atoms with Gasteiger partial charge in [-0.2, -0.15) is 0 Å². The molecule has 2 atom stereocenters. The van der Waals surface area contributed by atoms with Crippen LogP contribution in [-0.2, 0) is 29.3 Å². The molecule has 0 amide bonds. The lowest BCUT2D eigenvalue weighted by Gasteiger charge is -2.43. The van der Waals surface area contributed by atoms with Crippen LogP contribution in [0.4, 0.5) is 0 Å². The molecular weight excluding hydrogens is 440 g/mol. The van der Waals surface area contributed by atoms with Crippen molar-refractivity contribution in [2.45, 2.75) is 43.4 Å². The topological polar surface area (TPSA) is 54.0 Å². The molecule has 2 heterocycles. The Kier molecular flexibility index (Phi) is 6.32. The molecule has 0 radical (unpaired) electrons. The number of benzene rings is 3. The fraction of sp³-hybridized carbons (Fsp3) is 0.300. The number of ether oxygens (including phenoxy) is 4. The van der Waals surface area contributed by atoms with Gasteiger partial charge in [0.15, 0.2) is 11.4 Å². The van der Waals surface area contributed by atoms with Crippen LogP contribution < -0.4 is 0 Å². The molecule has 5 rings (SSSR count). The van der Waals surface area contributed by atoms with E-state index in [0.717, 1.165) is 16.7 Å². The highest BCUT2D eigenvalue weighted by Gasteiger charge is 2.52. The standard InChI is InChI=1S/C30H30O5/c1-28(2)32-21-26(34-28)29(20-12-19-27(31)35-29)22-33-30(23-13-6-3-7-14-23,24-15-8-4-9-16-24)25-17-10-5-11-18-25/h3-19,26H,20-22H2,1-2H3/t26-,29-/m0/s1. The van der Waals surface area contributed by atoms with Crippen LogP contribution in [-0.4, -0.2) is 36.7 Å². The quantitative estimate of drug-likeness (QED) is 0.342. The summed E-state index contributed by atoms with van der Waals surface area (Å²) in [6.45, 7) is 4.16. The van der Waals surface area contributed by atoms with E-state index in [4.69, 9.17) is 18.9 Å². The van der Waals surface area contributed by atoms with Gasteiger partial charge >= 0.3 is 5.97 Å². The van der Waals surface area contributed by atoms with Crippen LogP contribution in [0.5, 0.6) is 0 Å². The molecule has 2 aliphatic rings. The third kappa shape index (κ3) is 4.55. The van der Waals surface area contributed by atoms with Crippen LogP contribution in [0.25, 0.3) is 0 Å². The van der Waals surface area contributed by atoms with Gasteiger partial charge in [0.1, 0.15) is 11.7 Å². The largest absolute Gasteiger partial charge is 0.450 e. The fourth-order valence-corrected chi connectivity index (χ4v) is 4.95. The maximum absolute atomic E-state index is 12.5. The summed E-state index contributed by atoms with van der Waals surface area (Å²) in [4.78, 5) is 12.5. The van der Waals surface area contributed by atoms with Crippen molar-refractivity contribution in [2.75, 3.05) is 13.2 Å². The molecule has 5 heteroatoms. The first-order valence-electron chi connectivity index (χ1n) is 12.0. The molecule has 0 N–H and O–H groups in total. The monoisotopic (exact) mass is 470 g/mol. The summed E-state index contributed by atoms with van der Waals surface area (Å²) in [5.41, 5.74) is 0.986. The van der Waals surface area contributed by atoms with E-state index in [0.29, 0.717) is 13.0 Å². The van der Waals surface area contributed by atoms with Crippen LogP contribution in [0.15, 0.2) is 103 Å². The van der Waals surface area contributed by atoms with E-state index < -0.39 is 29.1 Å². The third-order valence-corrected chi connectivity index (χ3v) is 6.69. The van der Waals surface area contributed by atoms with Crippen molar-refractivity contribution in [3.63, 3.8) is 0 Å². The molecule has 5 nitrogen and oxygen atoms in total. The lowest BCUT2D eigenvalue weighted by atomic mass is 9.79. The molecule has 0 aromatic heterocycles. The van der Waals surface area contributed by atoms with Gasteiger partial charge in [-0.05, 0) is 30.5 Å². The Hall–Kier alpha value is -3.25. The number of hydrogen-bond acceptors (Lipinski definition) is 5. The van der Waals surface area contributed by atoms with E-state index in [1.165, 1.54) is 6.08 Å². The van der Waals surface area contributed by atoms with Gasteiger partial charge in [-0.25, -0.2) is 4.79 Å². The smallest absolute Gasteiger partial charge is 0.331 e. The summed E-state index contributed by atoms with van der Waals surface area (Å²) in [7, 11) is 0. The van der Waals surface area contributed by atoms with Crippen molar-refractivity contribution in [2.24, 2.45) is 0 Å². The molecule has 3 aromatic rings. The second kappa shape index (κ2) is 9.42. The van der Waals surface area contributed by atoms with Gasteiger partial charge < -0.3 is 18.9 Å². The van der Waals surface area contributed by atoms with Gasteiger partial charge in [0.05, 0.1) is 13.2 Å². The van der Waals surface area contributed by atoms with Crippen molar-refractivity contribution < 1.29 is 23.7 Å². The fourth-order valence-electron chi connectivity index (χ4n) is 4.95. The van der Waals surface area contributed by atoms with Crippen LogP contribution in [0, 0.1) is 0 Å². The van der Waals surface area contributed by atoms with E-state index in [1.807, 2.05) is 74.5 Å². The van der Waals surface area contributed by atoms with E-state index in [1.54, 1.807) is 0 Å². The normalized spacial score (nSPS) is 23.7. The average Bonchev–Trinajstić information content (AvgIpc) is 3.27. The zero-order valence-corrected chi connectivity index (χ0v) is 20.1. The molecule has 0 spiro atoms. The molecule has 3 aromatic carbocycles. The van der Waals surface area contributed by atoms with Crippen LogP contribution in [0.2, 0.25) is 0 Å². The van der Waals surface area contributed by atoms with Crippen molar-refractivity contribution >= 4 is 5.97 Å². The van der Waals surface area contributed by atoms with Crippen LogP contribution in [0.1, 0.15) is 37.0 Å². The van der Waals surface area contributed by atoms with Gasteiger partial charge in [-0.1, -0.05) is 97.1 Å². The minimum atomic E-state index is -1.02. The maximum Gasteiger partial charge on any atom is 0.331 e. The second-order valence-corrected chi connectivity index (χ2v) is 9.48. The van der Waals surface area contributed by atoms with Gasteiger partial charge in [-0.3, -0.25) is 0 Å². The minimum absolute atomic E-state index is 0.117. The summed E-state index contributed by atoms with van der Waals surface area (Å²) >= 11 is 0. The molecule has 0 bridgehead atoms. The Morgan fingerprint density at radius 1 is 0.857 bits per heavy atom. The molecule has 35 heavy (non-hydrogen) atoms. The van der Waals surface area contributed by atoms with Crippen molar-refractivity contribution in [3.8, 4) is 0 Å². The Bertz CT molecular complexity index is 1080. The van der Waals surface area contributed by atoms with E-state index in [2.05, 4.69) is 36.4 Å². The summed E-state index contributed by atoms with van der Waals surface area (Å²) in [5.74, 6) is -1.17. The third-order valence-electron chi connectivity index (χ3n) is 6.69. The summed E-state index contributed by atoms with van der Waals surface area (Å²) in [6.07, 6.45) is 3.29. The van der Waals surface area contributed by atoms with Gasteiger partial charge in [0, 0.05) is 12.5 Å². The molecule has 0 aliphatic carbocycles. The van der Waals surface area contributed by atoms with Crippen molar-refractivity contribution in [1.29, 1.82) is 0 Å². The predicted molar refractivity (Wildman–Crippen MR) is 133 cm³/mol. The predicted octanol–water partition coefficient (Wildman–Crippen LogP) is 5.39. The Morgan fingerprint density at radius 3 is 1.80 bits per heavy atom. The number of rotatable bonds is 7. The number of esters is 1. The molecule has 2 aliphatic heterocycles. The number of cyclic esters (lactones) is 1. The summed E-state index contributed by atoms with van der Waals surface area (Å²) in [6, 6.07) is 30.4. The molecular formula is C30H30O5. The minimum Gasteiger partial charge on any atom is -0.450 e. The number of carbonyl (C=O) groups excluding carboxylic acids is 1. The van der Waals surface area contributed by atoms with Crippen molar-refractivity contribution in [1.82, 2.24) is 0 Å². The average molecular weight is 471 g/mol. The lowest BCUT2D eigenvalue weighted by Crippen LogP contribution is -2.54. The SMILES string of the molecule is CC1(C)OC[C@@H]([C@@]2(COC(c3ccccc3)(c3ccccc3)c3ccccc3)CC=CC(=O)O2)O1. The first kappa shape index (κ1) is 23.5. The molecule has 180 valence electrons. The highest BCUT2D eigenvalue weighted by Crippen LogP contribution is 2.43. The number of hydrogen-bond donors (Lipinski definition) is 0. The van der Waals surface area contributed by atoms with E-state index >= 15 is 0 Å². The first-order chi connectivity index (χ1) is 16.9. The lowest BCUT2D eigenvalue weighted by molar-refractivity contribution is -0.209. The van der Waals surface area contributed by atoms with Crippen LogP contribution >= 0.6 is 0 Å². The second-order valence-electron chi connectivity index (χ2n) is 9.48. The first-order valence-corrected chi connectivity index (χ1v) is 12.0. The molecule has 1 saturated heterocycles. The van der Waals surface area contributed by atoms with Gasteiger partial charge in [-0.15, -0.1) is 0 Å². The Balaban J connectivity index is 1.62. The zero-order chi connectivity index (χ0) is 24.4. The maximum atomic E-state index is 12.5. The Labute approximate surface area is 206 Å². The van der Waals surface area contributed by atoms with E-state index in [9.17, 15) is 4.79 Å². The van der Waals surface area contributed by atoms with Crippen LogP contribution in [0.3, 0.4) is 0 Å². The van der Waals surface area contributed by atoms with Gasteiger partial charge in [0.2, 0.25) is 0 Å². The molecule has 1 fully saturated rings. The summed E-state index contributed by atoms with van der Waals surface area (Å²) in [5, 5.41) is 0. The Morgan fingerprint density at radius 2 is 1.37 bits per heavy atom. The van der Waals surface area contributed by atoms with Crippen molar-refractivity contribution in [3.05, 3.63) is 120 Å². The highest BCUT2D eigenvalue weighted by atomic mass is 16.8. The molecule has 0 unspecified atom stereocenters. The van der Waals surface area contributed by atoms with E-state index in [-0.39, 0.29) is 6.61 Å². The zero-order valence-electron chi connectivity index (χ0n) is 20.1. The number of carbonyl (C=O) groups is 1. The molecule has 0 saturated carbocycles.